The smallest absolute Gasteiger partial charge is 0.0965 e. The Bertz CT molecular complexity index is 494. The fourth-order valence-electron chi connectivity index (χ4n) is 1.85. The molecule has 0 radical (unpaired) electrons. The van der Waals surface area contributed by atoms with Crippen molar-refractivity contribution in [1.29, 1.82) is 0 Å². The van der Waals surface area contributed by atoms with E-state index >= 15 is 0 Å². The number of thiazole rings is 1. The second-order valence-corrected chi connectivity index (χ2v) is 8.01. The molecule has 1 N–H and O–H groups in total. The molecule has 0 saturated carbocycles. The Morgan fingerprint density at radius 3 is 2.68 bits per heavy atom. The number of aromatic nitrogens is 1. The third kappa shape index (κ3) is 4.13. The summed E-state index contributed by atoms with van der Waals surface area (Å²) in [5, 5.41) is 6.79. The molecule has 1 unspecified atom stereocenters. The molecule has 1 atom stereocenters. The number of rotatable bonds is 5. The minimum absolute atomic E-state index is 0.261. The van der Waals surface area contributed by atoms with Crippen LogP contribution in [-0.2, 0) is 12.0 Å². The van der Waals surface area contributed by atoms with E-state index in [-0.39, 0.29) is 5.41 Å². The van der Waals surface area contributed by atoms with Gasteiger partial charge < -0.3 is 5.32 Å². The van der Waals surface area contributed by atoms with Crippen molar-refractivity contribution < 1.29 is 0 Å². The van der Waals surface area contributed by atoms with Crippen molar-refractivity contribution in [2.24, 2.45) is 0 Å². The third-order valence-electron chi connectivity index (χ3n) is 3.02. The van der Waals surface area contributed by atoms with Crippen molar-refractivity contribution in [2.75, 3.05) is 6.54 Å². The van der Waals surface area contributed by atoms with Gasteiger partial charge in [0.2, 0.25) is 0 Å². The Hall–Kier alpha value is -0.710. The standard InChI is InChI=1S/C15H22N2S2/c1-11(14-17-7-8-18-14)9-16-10-12-5-6-13(19-12)15(2,3)4/h5-8,11,16H,9-10H2,1-4H3. The molecular weight excluding hydrogens is 272 g/mol. The van der Waals surface area contributed by atoms with E-state index in [2.05, 4.69) is 50.1 Å². The minimum atomic E-state index is 0.261. The minimum Gasteiger partial charge on any atom is -0.311 e. The number of nitrogens with one attached hydrogen (secondary N) is 1. The van der Waals surface area contributed by atoms with Gasteiger partial charge in [0.05, 0.1) is 5.01 Å². The summed E-state index contributed by atoms with van der Waals surface area (Å²) >= 11 is 3.65. The molecular formula is C15H22N2S2. The highest BCUT2D eigenvalue weighted by Gasteiger charge is 2.16. The van der Waals surface area contributed by atoms with Gasteiger partial charge in [0.15, 0.2) is 0 Å². The van der Waals surface area contributed by atoms with Gasteiger partial charge >= 0.3 is 0 Å². The maximum absolute atomic E-state index is 4.36. The van der Waals surface area contributed by atoms with E-state index in [1.165, 1.54) is 14.8 Å². The molecule has 2 aromatic rings. The Balaban J connectivity index is 1.81. The molecule has 2 nitrogen and oxygen atoms in total. The zero-order chi connectivity index (χ0) is 13.9. The average Bonchev–Trinajstić information content (AvgIpc) is 2.99. The highest BCUT2D eigenvalue weighted by atomic mass is 32.1. The molecule has 2 rings (SSSR count). The van der Waals surface area contributed by atoms with Gasteiger partial charge in [0, 0.05) is 40.3 Å². The summed E-state index contributed by atoms with van der Waals surface area (Å²) in [6.45, 7) is 11.0. The lowest BCUT2D eigenvalue weighted by atomic mass is 9.95. The van der Waals surface area contributed by atoms with Crippen LogP contribution in [0.1, 0.15) is 48.4 Å². The Morgan fingerprint density at radius 2 is 2.11 bits per heavy atom. The lowest BCUT2D eigenvalue weighted by Crippen LogP contribution is -2.19. The summed E-state index contributed by atoms with van der Waals surface area (Å²) in [5.74, 6) is 0.488. The Morgan fingerprint density at radius 1 is 1.32 bits per heavy atom. The number of nitrogens with zero attached hydrogens (tertiary/aromatic N) is 1. The fourth-order valence-corrected chi connectivity index (χ4v) is 3.59. The normalized spacial score (nSPS) is 13.7. The van der Waals surface area contributed by atoms with Gasteiger partial charge in [-0.05, 0) is 17.5 Å². The van der Waals surface area contributed by atoms with Gasteiger partial charge in [-0.1, -0.05) is 27.7 Å². The molecule has 0 saturated heterocycles. The molecule has 0 aliphatic heterocycles. The molecule has 2 heterocycles. The van der Waals surface area contributed by atoms with Gasteiger partial charge in [0.25, 0.3) is 0 Å². The molecule has 0 aliphatic rings. The van der Waals surface area contributed by atoms with Crippen LogP contribution in [0.2, 0.25) is 0 Å². The Labute approximate surface area is 123 Å². The van der Waals surface area contributed by atoms with Gasteiger partial charge in [-0.15, -0.1) is 22.7 Å². The third-order valence-corrected chi connectivity index (χ3v) is 5.54. The first-order valence-corrected chi connectivity index (χ1v) is 8.35. The molecule has 0 fully saturated rings. The maximum Gasteiger partial charge on any atom is 0.0965 e. The first-order valence-electron chi connectivity index (χ1n) is 6.66. The van der Waals surface area contributed by atoms with Crippen LogP contribution in [0.3, 0.4) is 0 Å². The van der Waals surface area contributed by atoms with Gasteiger partial charge in [-0.2, -0.15) is 0 Å². The molecule has 2 aromatic heterocycles. The molecule has 104 valence electrons. The highest BCUT2D eigenvalue weighted by molar-refractivity contribution is 7.12. The quantitative estimate of drug-likeness (QED) is 0.884. The number of hydrogen-bond acceptors (Lipinski definition) is 4. The number of hydrogen-bond donors (Lipinski definition) is 1. The first kappa shape index (κ1) is 14.7. The second-order valence-electron chi connectivity index (χ2n) is 5.92. The van der Waals surface area contributed by atoms with Crippen molar-refractivity contribution in [1.82, 2.24) is 10.3 Å². The fraction of sp³-hybridized carbons (Fsp3) is 0.533. The molecule has 0 bridgehead atoms. The molecule has 0 aromatic carbocycles. The highest BCUT2D eigenvalue weighted by Crippen LogP contribution is 2.29. The van der Waals surface area contributed by atoms with Crippen LogP contribution >= 0.6 is 22.7 Å². The van der Waals surface area contributed by atoms with Crippen molar-refractivity contribution in [3.63, 3.8) is 0 Å². The predicted octanol–water partition coefficient (Wildman–Crippen LogP) is 4.40. The van der Waals surface area contributed by atoms with Crippen LogP contribution in [-0.4, -0.2) is 11.5 Å². The van der Waals surface area contributed by atoms with Gasteiger partial charge in [0.1, 0.15) is 0 Å². The van der Waals surface area contributed by atoms with Crippen LogP contribution in [0, 0.1) is 0 Å². The zero-order valence-corrected chi connectivity index (χ0v) is 13.7. The monoisotopic (exact) mass is 294 g/mol. The number of thiophene rings is 1. The first-order chi connectivity index (χ1) is 8.97. The summed E-state index contributed by atoms with van der Waals surface area (Å²) in [4.78, 5) is 7.23. The van der Waals surface area contributed by atoms with E-state index in [0.29, 0.717) is 5.92 Å². The van der Waals surface area contributed by atoms with Crippen LogP contribution in [0.25, 0.3) is 0 Å². The van der Waals surface area contributed by atoms with Gasteiger partial charge in [-0.3, -0.25) is 0 Å². The van der Waals surface area contributed by atoms with Crippen molar-refractivity contribution in [3.05, 3.63) is 38.5 Å². The van der Waals surface area contributed by atoms with E-state index in [9.17, 15) is 0 Å². The second kappa shape index (κ2) is 6.16. The van der Waals surface area contributed by atoms with Gasteiger partial charge in [-0.25, -0.2) is 4.98 Å². The van der Waals surface area contributed by atoms with Crippen molar-refractivity contribution in [3.8, 4) is 0 Å². The molecule has 19 heavy (non-hydrogen) atoms. The molecule has 0 amide bonds. The summed E-state index contributed by atoms with van der Waals surface area (Å²) in [5.41, 5.74) is 0.261. The van der Waals surface area contributed by atoms with Crippen molar-refractivity contribution >= 4 is 22.7 Å². The maximum atomic E-state index is 4.36. The summed E-state index contributed by atoms with van der Waals surface area (Å²) in [6, 6.07) is 4.50. The van der Waals surface area contributed by atoms with Crippen LogP contribution < -0.4 is 5.32 Å². The zero-order valence-electron chi connectivity index (χ0n) is 12.1. The summed E-state index contributed by atoms with van der Waals surface area (Å²) in [6.07, 6.45) is 1.88. The summed E-state index contributed by atoms with van der Waals surface area (Å²) < 4.78 is 0. The topological polar surface area (TPSA) is 24.9 Å². The Kier molecular flexibility index (Phi) is 4.76. The van der Waals surface area contributed by atoms with E-state index < -0.39 is 0 Å². The van der Waals surface area contributed by atoms with Crippen LogP contribution in [0.4, 0.5) is 0 Å². The molecule has 0 spiro atoms. The lowest BCUT2D eigenvalue weighted by molar-refractivity contribution is 0.604. The predicted molar refractivity (Wildman–Crippen MR) is 85.3 cm³/mol. The SMILES string of the molecule is CC(CNCc1ccc(C(C)(C)C)s1)c1nccs1. The van der Waals surface area contributed by atoms with E-state index in [1.807, 2.05) is 22.9 Å². The van der Waals surface area contributed by atoms with Crippen LogP contribution in [0.15, 0.2) is 23.7 Å². The van der Waals surface area contributed by atoms with E-state index in [0.717, 1.165) is 13.1 Å². The van der Waals surface area contributed by atoms with Crippen molar-refractivity contribution in [2.45, 2.75) is 45.6 Å². The van der Waals surface area contributed by atoms with E-state index in [4.69, 9.17) is 0 Å². The summed E-state index contributed by atoms with van der Waals surface area (Å²) in [7, 11) is 0. The largest absolute Gasteiger partial charge is 0.311 e. The van der Waals surface area contributed by atoms with E-state index in [1.54, 1.807) is 11.3 Å². The van der Waals surface area contributed by atoms with Crippen LogP contribution in [0.5, 0.6) is 0 Å². The molecule has 0 aliphatic carbocycles. The molecule has 4 heteroatoms. The lowest BCUT2D eigenvalue weighted by Gasteiger charge is -2.15. The average molecular weight is 294 g/mol.